The molecule has 3 aromatic carbocycles. The van der Waals surface area contributed by atoms with Gasteiger partial charge in [0.05, 0.1) is 27.4 Å². The number of hydrogen-bond acceptors (Lipinski definition) is 5. The molecular weight excluding hydrogens is 472 g/mol. The van der Waals surface area contributed by atoms with Gasteiger partial charge in [-0.05, 0) is 78.5 Å². The molecule has 0 aromatic heterocycles. The van der Waals surface area contributed by atoms with Gasteiger partial charge in [-0.1, -0.05) is 37.3 Å². The summed E-state index contributed by atoms with van der Waals surface area (Å²) in [5, 5.41) is 4.23. The molecule has 0 spiro atoms. The van der Waals surface area contributed by atoms with Crippen molar-refractivity contribution >= 4 is 23.0 Å². The molecule has 0 bridgehead atoms. The SMILES string of the molecule is CCc1cccc(C)c1NC(=S)N1CCc2cc(OC)c(OC)cc2[C@H]1COc1ccccc1OC. The number of rotatable bonds is 8. The predicted octanol–water partition coefficient (Wildman–Crippen LogP) is 5.96. The van der Waals surface area contributed by atoms with Crippen LogP contribution in [0.2, 0.25) is 0 Å². The average Bonchev–Trinajstić information content (AvgIpc) is 2.91. The molecule has 190 valence electrons. The van der Waals surface area contributed by atoms with Crippen LogP contribution < -0.4 is 24.3 Å². The third kappa shape index (κ3) is 5.21. The average molecular weight is 507 g/mol. The molecule has 1 aliphatic heterocycles. The standard InChI is InChI=1S/C29H34N2O4S/c1-6-20-11-9-10-19(2)28(20)30-29(36)31-15-14-21-16-26(33-4)27(34-5)17-22(21)23(31)18-35-25-13-8-7-12-24(25)32-3/h7-13,16-17,23H,6,14-15,18H2,1-5H3,(H,30,36)/t23-/m1/s1. The van der Waals surface area contributed by atoms with Crippen LogP contribution in [0.4, 0.5) is 5.69 Å². The van der Waals surface area contributed by atoms with E-state index >= 15 is 0 Å². The minimum atomic E-state index is -0.132. The Bertz CT molecular complexity index is 1230. The summed E-state index contributed by atoms with van der Waals surface area (Å²) in [5.74, 6) is 2.80. The summed E-state index contributed by atoms with van der Waals surface area (Å²) in [6, 6.07) is 18.0. The van der Waals surface area contributed by atoms with Gasteiger partial charge in [0.15, 0.2) is 28.1 Å². The first-order valence-corrected chi connectivity index (χ1v) is 12.6. The Labute approximate surface area is 219 Å². The Hall–Kier alpha value is -3.45. The third-order valence-electron chi connectivity index (χ3n) is 6.70. The van der Waals surface area contributed by atoms with Crippen LogP contribution in [0.3, 0.4) is 0 Å². The molecule has 36 heavy (non-hydrogen) atoms. The van der Waals surface area contributed by atoms with Crippen molar-refractivity contribution in [2.24, 2.45) is 0 Å². The van der Waals surface area contributed by atoms with E-state index in [1.807, 2.05) is 30.3 Å². The fourth-order valence-corrected chi connectivity index (χ4v) is 5.06. The number of fused-ring (bicyclic) bond motifs is 1. The maximum atomic E-state index is 6.33. The number of benzene rings is 3. The summed E-state index contributed by atoms with van der Waals surface area (Å²) in [7, 11) is 4.96. The smallest absolute Gasteiger partial charge is 0.174 e. The van der Waals surface area contributed by atoms with E-state index in [0.29, 0.717) is 29.0 Å². The highest BCUT2D eigenvalue weighted by Crippen LogP contribution is 2.39. The van der Waals surface area contributed by atoms with Gasteiger partial charge in [0.25, 0.3) is 0 Å². The van der Waals surface area contributed by atoms with Crippen LogP contribution in [0.15, 0.2) is 54.6 Å². The van der Waals surface area contributed by atoms with Crippen molar-refractivity contribution in [3.63, 3.8) is 0 Å². The second-order valence-corrected chi connectivity index (χ2v) is 9.11. The molecule has 0 saturated carbocycles. The van der Waals surface area contributed by atoms with Crippen LogP contribution in [-0.2, 0) is 12.8 Å². The van der Waals surface area contributed by atoms with E-state index in [1.54, 1.807) is 21.3 Å². The number of para-hydroxylation sites is 3. The van der Waals surface area contributed by atoms with Gasteiger partial charge in [0.1, 0.15) is 6.61 Å². The number of thiocarbonyl (C=S) groups is 1. The fourth-order valence-electron chi connectivity index (χ4n) is 4.74. The summed E-state index contributed by atoms with van der Waals surface area (Å²) in [5.41, 5.74) is 5.79. The number of ether oxygens (including phenoxy) is 4. The number of hydrogen-bond donors (Lipinski definition) is 1. The number of anilines is 1. The molecule has 7 heteroatoms. The van der Waals surface area contributed by atoms with Gasteiger partial charge >= 0.3 is 0 Å². The molecule has 0 fully saturated rings. The van der Waals surface area contributed by atoms with E-state index in [1.165, 1.54) is 16.7 Å². The van der Waals surface area contributed by atoms with Crippen molar-refractivity contribution in [3.05, 3.63) is 76.9 Å². The highest BCUT2D eigenvalue weighted by molar-refractivity contribution is 7.80. The molecule has 6 nitrogen and oxygen atoms in total. The molecule has 0 aliphatic carbocycles. The number of aryl methyl sites for hydroxylation is 2. The van der Waals surface area contributed by atoms with Gasteiger partial charge in [0.2, 0.25) is 0 Å². The van der Waals surface area contributed by atoms with Crippen LogP contribution >= 0.6 is 12.2 Å². The van der Waals surface area contributed by atoms with Crippen molar-refractivity contribution in [1.29, 1.82) is 0 Å². The third-order valence-corrected chi connectivity index (χ3v) is 7.04. The molecule has 4 rings (SSSR count). The van der Waals surface area contributed by atoms with Gasteiger partial charge in [-0.3, -0.25) is 0 Å². The second-order valence-electron chi connectivity index (χ2n) is 8.72. The number of nitrogens with zero attached hydrogens (tertiary/aromatic N) is 1. The van der Waals surface area contributed by atoms with Crippen LogP contribution in [0.25, 0.3) is 0 Å². The quantitative estimate of drug-likeness (QED) is 0.379. The largest absolute Gasteiger partial charge is 0.493 e. The lowest BCUT2D eigenvalue weighted by Gasteiger charge is -2.39. The highest BCUT2D eigenvalue weighted by Gasteiger charge is 2.32. The van der Waals surface area contributed by atoms with Crippen LogP contribution in [0.1, 0.15) is 35.2 Å². The number of nitrogens with one attached hydrogen (secondary N) is 1. The molecule has 1 aliphatic rings. The molecule has 0 radical (unpaired) electrons. The van der Waals surface area contributed by atoms with E-state index in [0.717, 1.165) is 36.4 Å². The van der Waals surface area contributed by atoms with Crippen LogP contribution in [0, 0.1) is 6.92 Å². The van der Waals surface area contributed by atoms with Crippen LogP contribution in [0.5, 0.6) is 23.0 Å². The van der Waals surface area contributed by atoms with Gasteiger partial charge in [-0.15, -0.1) is 0 Å². The maximum Gasteiger partial charge on any atom is 0.174 e. The molecule has 0 amide bonds. The fraction of sp³-hybridized carbons (Fsp3) is 0.345. The van der Waals surface area contributed by atoms with Gasteiger partial charge in [-0.25, -0.2) is 0 Å². The van der Waals surface area contributed by atoms with E-state index in [4.69, 9.17) is 31.2 Å². The molecule has 1 heterocycles. The maximum absolute atomic E-state index is 6.33. The van der Waals surface area contributed by atoms with Gasteiger partial charge in [0, 0.05) is 12.2 Å². The van der Waals surface area contributed by atoms with Crippen molar-refractivity contribution in [2.75, 3.05) is 39.8 Å². The van der Waals surface area contributed by atoms with E-state index in [9.17, 15) is 0 Å². The Balaban J connectivity index is 1.69. The summed E-state index contributed by atoms with van der Waals surface area (Å²) in [4.78, 5) is 2.21. The monoisotopic (exact) mass is 506 g/mol. The van der Waals surface area contributed by atoms with Crippen LogP contribution in [-0.4, -0.2) is 44.5 Å². The van der Waals surface area contributed by atoms with E-state index in [2.05, 4.69) is 48.3 Å². The first kappa shape index (κ1) is 25.6. The minimum Gasteiger partial charge on any atom is -0.493 e. The van der Waals surface area contributed by atoms with Crippen molar-refractivity contribution < 1.29 is 18.9 Å². The number of methoxy groups -OCH3 is 3. The molecule has 1 atom stereocenters. The summed E-state index contributed by atoms with van der Waals surface area (Å²) in [6.07, 6.45) is 1.75. The summed E-state index contributed by atoms with van der Waals surface area (Å²) < 4.78 is 23.0. The zero-order valence-electron chi connectivity index (χ0n) is 21.6. The van der Waals surface area contributed by atoms with Crippen molar-refractivity contribution in [1.82, 2.24) is 4.90 Å². The molecular formula is C29H34N2O4S. The van der Waals surface area contributed by atoms with Gasteiger partial charge < -0.3 is 29.2 Å². The zero-order valence-corrected chi connectivity index (χ0v) is 22.4. The highest BCUT2D eigenvalue weighted by atomic mass is 32.1. The Morgan fingerprint density at radius 1 is 0.944 bits per heavy atom. The van der Waals surface area contributed by atoms with Gasteiger partial charge in [-0.2, -0.15) is 0 Å². The molecule has 3 aromatic rings. The lowest BCUT2D eigenvalue weighted by atomic mass is 9.92. The van der Waals surface area contributed by atoms with E-state index < -0.39 is 0 Å². The topological polar surface area (TPSA) is 52.2 Å². The zero-order chi connectivity index (χ0) is 25.7. The second kappa shape index (κ2) is 11.5. The Kier molecular flexibility index (Phi) is 8.21. The molecule has 0 saturated heterocycles. The minimum absolute atomic E-state index is 0.132. The summed E-state index contributed by atoms with van der Waals surface area (Å²) >= 11 is 6.00. The first-order valence-electron chi connectivity index (χ1n) is 12.2. The predicted molar refractivity (Wildman–Crippen MR) is 148 cm³/mol. The van der Waals surface area contributed by atoms with E-state index in [-0.39, 0.29) is 6.04 Å². The first-order chi connectivity index (χ1) is 17.5. The van der Waals surface area contributed by atoms with Crippen molar-refractivity contribution in [3.8, 4) is 23.0 Å². The summed E-state index contributed by atoms with van der Waals surface area (Å²) in [6.45, 7) is 5.40. The lowest BCUT2D eigenvalue weighted by molar-refractivity contribution is 0.185. The normalized spacial score (nSPS) is 14.6. The Morgan fingerprint density at radius 2 is 1.64 bits per heavy atom. The van der Waals surface area contributed by atoms with Crippen molar-refractivity contribution in [2.45, 2.75) is 32.7 Å². The molecule has 0 unspecified atom stereocenters. The molecule has 1 N–H and O–H groups in total. The Morgan fingerprint density at radius 3 is 2.33 bits per heavy atom. The lowest BCUT2D eigenvalue weighted by Crippen LogP contribution is -2.44.